The van der Waals surface area contributed by atoms with Crippen molar-refractivity contribution in [3.63, 3.8) is 0 Å². The highest BCUT2D eigenvalue weighted by atomic mass is 35.5. The number of rotatable bonds is 6. The molecule has 0 amide bonds. The quantitative estimate of drug-likeness (QED) is 0.591. The van der Waals surface area contributed by atoms with Crippen molar-refractivity contribution in [1.29, 1.82) is 5.41 Å². The van der Waals surface area contributed by atoms with E-state index in [4.69, 9.17) is 26.5 Å². The van der Waals surface area contributed by atoms with Crippen LogP contribution >= 0.6 is 11.6 Å². The Morgan fingerprint density at radius 1 is 1.00 bits per heavy atom. The second-order valence-electron chi connectivity index (χ2n) is 6.47. The highest BCUT2D eigenvalue weighted by Gasteiger charge is 2.32. The van der Waals surface area contributed by atoms with Crippen LogP contribution in [0.1, 0.15) is 38.8 Å². The number of hydrogen-bond acceptors (Lipinski definition) is 4. The average molecular weight is 360 g/mol. The molecule has 2 aromatic rings. The Kier molecular flexibility index (Phi) is 5.85. The van der Waals surface area contributed by atoms with E-state index in [1.807, 2.05) is 0 Å². The van der Waals surface area contributed by atoms with E-state index in [1.54, 1.807) is 76.2 Å². The highest BCUT2D eigenvalue weighted by Crippen LogP contribution is 2.22. The maximum atomic E-state index is 12.1. The summed E-state index contributed by atoms with van der Waals surface area (Å²) in [6, 6.07) is 14.2. The van der Waals surface area contributed by atoms with Crippen molar-refractivity contribution in [2.45, 2.75) is 39.4 Å². The lowest BCUT2D eigenvalue weighted by Crippen LogP contribution is -2.40. The maximum absolute atomic E-state index is 12.1. The first-order valence-corrected chi connectivity index (χ1v) is 8.42. The van der Waals surface area contributed by atoms with E-state index in [-0.39, 0.29) is 6.10 Å². The molecule has 25 heavy (non-hydrogen) atoms. The van der Waals surface area contributed by atoms with Crippen LogP contribution in [0.2, 0.25) is 5.02 Å². The zero-order chi connectivity index (χ0) is 18.6. The van der Waals surface area contributed by atoms with E-state index in [9.17, 15) is 4.79 Å². The standard InChI is InChI=1S/C20H22ClNO3/c1-13(2)24-19(23)20(3,4)25-17-11-7-15(8-12-17)18(22)14-5-9-16(21)10-6-14/h5-13,22H,1-4H3. The molecule has 0 fully saturated rings. The molecule has 0 bridgehead atoms. The number of carbonyl (C=O) groups is 1. The van der Waals surface area contributed by atoms with Gasteiger partial charge >= 0.3 is 5.97 Å². The molecule has 0 heterocycles. The number of nitrogens with one attached hydrogen (secondary N) is 1. The van der Waals surface area contributed by atoms with Gasteiger partial charge in [0.15, 0.2) is 5.60 Å². The second-order valence-corrected chi connectivity index (χ2v) is 6.91. The van der Waals surface area contributed by atoms with Crippen molar-refractivity contribution in [2.75, 3.05) is 0 Å². The molecule has 0 unspecified atom stereocenters. The van der Waals surface area contributed by atoms with Crippen molar-refractivity contribution in [1.82, 2.24) is 0 Å². The average Bonchev–Trinajstić information content (AvgIpc) is 2.54. The topological polar surface area (TPSA) is 59.4 Å². The Morgan fingerprint density at radius 3 is 1.96 bits per heavy atom. The zero-order valence-electron chi connectivity index (χ0n) is 14.8. The molecule has 0 aliphatic rings. The van der Waals surface area contributed by atoms with Gasteiger partial charge in [-0.3, -0.25) is 5.41 Å². The molecule has 0 aromatic heterocycles. The molecule has 0 radical (unpaired) electrons. The minimum absolute atomic E-state index is 0.197. The van der Waals surface area contributed by atoms with Gasteiger partial charge in [-0.2, -0.15) is 0 Å². The van der Waals surface area contributed by atoms with Crippen LogP contribution in [0.3, 0.4) is 0 Å². The summed E-state index contributed by atoms with van der Waals surface area (Å²) in [5, 5.41) is 8.91. The van der Waals surface area contributed by atoms with E-state index in [2.05, 4.69) is 0 Å². The van der Waals surface area contributed by atoms with E-state index < -0.39 is 11.6 Å². The summed E-state index contributed by atoms with van der Waals surface area (Å²) < 4.78 is 11.0. The molecule has 0 saturated carbocycles. The monoisotopic (exact) mass is 359 g/mol. The minimum Gasteiger partial charge on any atom is -0.476 e. The van der Waals surface area contributed by atoms with Crippen LogP contribution in [-0.2, 0) is 9.53 Å². The maximum Gasteiger partial charge on any atom is 0.350 e. The third kappa shape index (κ3) is 5.07. The zero-order valence-corrected chi connectivity index (χ0v) is 15.6. The molecule has 0 aliphatic carbocycles. The largest absolute Gasteiger partial charge is 0.476 e. The first-order chi connectivity index (χ1) is 11.7. The fraction of sp³-hybridized carbons (Fsp3) is 0.300. The Labute approximate surface area is 153 Å². The van der Waals surface area contributed by atoms with Gasteiger partial charge in [0, 0.05) is 16.1 Å². The third-order valence-corrected chi connectivity index (χ3v) is 3.74. The highest BCUT2D eigenvalue weighted by molar-refractivity contribution is 6.30. The summed E-state index contributed by atoms with van der Waals surface area (Å²) in [6.45, 7) is 6.93. The molecule has 1 N–H and O–H groups in total. The van der Waals surface area contributed by atoms with Gasteiger partial charge in [0.05, 0.1) is 11.8 Å². The normalized spacial score (nSPS) is 11.3. The first kappa shape index (κ1) is 19.0. The lowest BCUT2D eigenvalue weighted by atomic mass is 10.0. The van der Waals surface area contributed by atoms with Crippen LogP contribution in [0.5, 0.6) is 5.75 Å². The third-order valence-electron chi connectivity index (χ3n) is 3.48. The summed E-state index contributed by atoms with van der Waals surface area (Å²) in [5.41, 5.74) is 0.827. The Balaban J connectivity index is 2.10. The van der Waals surface area contributed by atoms with Crippen LogP contribution in [-0.4, -0.2) is 23.4 Å². The molecular formula is C20H22ClNO3. The molecule has 0 spiro atoms. The van der Waals surface area contributed by atoms with Crippen molar-refractivity contribution in [3.8, 4) is 5.75 Å². The fourth-order valence-corrected chi connectivity index (χ4v) is 2.29. The number of benzene rings is 2. The Hall–Kier alpha value is -2.33. The van der Waals surface area contributed by atoms with Gasteiger partial charge < -0.3 is 9.47 Å². The van der Waals surface area contributed by atoms with Crippen molar-refractivity contribution < 1.29 is 14.3 Å². The van der Waals surface area contributed by atoms with Gasteiger partial charge in [0.2, 0.25) is 0 Å². The molecule has 0 aliphatic heterocycles. The van der Waals surface area contributed by atoms with Crippen LogP contribution in [0.4, 0.5) is 0 Å². The SMILES string of the molecule is CC(C)OC(=O)C(C)(C)Oc1ccc(C(=N)c2ccc(Cl)cc2)cc1. The smallest absolute Gasteiger partial charge is 0.350 e. The van der Waals surface area contributed by atoms with Gasteiger partial charge in [-0.1, -0.05) is 23.7 Å². The molecule has 132 valence electrons. The van der Waals surface area contributed by atoms with E-state index in [0.29, 0.717) is 16.5 Å². The van der Waals surface area contributed by atoms with Crippen molar-refractivity contribution >= 4 is 23.3 Å². The molecule has 4 nitrogen and oxygen atoms in total. The van der Waals surface area contributed by atoms with Gasteiger partial charge in [-0.15, -0.1) is 0 Å². The minimum atomic E-state index is -1.09. The number of carbonyl (C=O) groups excluding carboxylic acids is 1. The van der Waals surface area contributed by atoms with Gasteiger partial charge in [-0.05, 0) is 64.1 Å². The molecule has 5 heteroatoms. The molecule has 2 rings (SSSR count). The fourth-order valence-electron chi connectivity index (χ4n) is 2.17. The number of esters is 1. The number of hydrogen-bond donors (Lipinski definition) is 1. The molecule has 2 aromatic carbocycles. The summed E-state index contributed by atoms with van der Waals surface area (Å²) in [4.78, 5) is 12.1. The second kappa shape index (κ2) is 7.70. The van der Waals surface area contributed by atoms with Crippen LogP contribution in [0, 0.1) is 5.41 Å². The number of ether oxygens (including phenoxy) is 2. The van der Waals surface area contributed by atoms with Crippen LogP contribution in [0.15, 0.2) is 48.5 Å². The van der Waals surface area contributed by atoms with Crippen molar-refractivity contribution in [2.24, 2.45) is 0 Å². The predicted molar refractivity (Wildman–Crippen MR) is 99.8 cm³/mol. The van der Waals surface area contributed by atoms with Gasteiger partial charge in [-0.25, -0.2) is 4.79 Å². The van der Waals surface area contributed by atoms with Gasteiger partial charge in [0.1, 0.15) is 5.75 Å². The number of halogens is 1. The molecule has 0 atom stereocenters. The van der Waals surface area contributed by atoms with Crippen LogP contribution < -0.4 is 4.74 Å². The van der Waals surface area contributed by atoms with E-state index in [1.165, 1.54) is 0 Å². The van der Waals surface area contributed by atoms with Crippen molar-refractivity contribution in [3.05, 3.63) is 64.7 Å². The van der Waals surface area contributed by atoms with Crippen LogP contribution in [0.25, 0.3) is 0 Å². The molecular weight excluding hydrogens is 338 g/mol. The Bertz CT molecular complexity index is 750. The summed E-state index contributed by atoms with van der Waals surface area (Å²) in [6.07, 6.45) is -0.197. The first-order valence-electron chi connectivity index (χ1n) is 8.04. The van der Waals surface area contributed by atoms with E-state index in [0.717, 1.165) is 11.1 Å². The lowest BCUT2D eigenvalue weighted by molar-refractivity contribution is -0.163. The summed E-state index contributed by atoms with van der Waals surface area (Å²) >= 11 is 5.88. The Morgan fingerprint density at radius 2 is 1.48 bits per heavy atom. The summed E-state index contributed by atoms with van der Waals surface area (Å²) in [5.74, 6) is 0.124. The van der Waals surface area contributed by atoms with Gasteiger partial charge in [0.25, 0.3) is 0 Å². The lowest BCUT2D eigenvalue weighted by Gasteiger charge is -2.25. The summed E-state index contributed by atoms with van der Waals surface area (Å²) in [7, 11) is 0. The predicted octanol–water partition coefficient (Wildman–Crippen LogP) is 4.87. The van der Waals surface area contributed by atoms with E-state index >= 15 is 0 Å². The molecule has 0 saturated heterocycles.